The van der Waals surface area contributed by atoms with Gasteiger partial charge >= 0.3 is 5.97 Å². The number of rotatable bonds is 6. The van der Waals surface area contributed by atoms with Crippen molar-refractivity contribution in [2.24, 2.45) is 5.73 Å². The Labute approximate surface area is 151 Å². The largest absolute Gasteiger partial charge is 0.457 e. The van der Waals surface area contributed by atoms with Crippen LogP contribution in [-0.4, -0.2) is 21.7 Å². The minimum absolute atomic E-state index is 0.0776. The van der Waals surface area contributed by atoms with Crippen LogP contribution in [0.1, 0.15) is 37.4 Å². The number of carbonyl (C=O) groups excluding carboxylic acids is 2. The Morgan fingerprint density at radius 1 is 1.08 bits per heavy atom. The predicted octanol–water partition coefficient (Wildman–Crippen LogP) is 2.70. The summed E-state index contributed by atoms with van der Waals surface area (Å²) in [4.78, 5) is 23.4. The fraction of sp³-hybridized carbons (Fsp3) is 0.150. The smallest absolute Gasteiger partial charge is 0.338 e. The highest BCUT2D eigenvalue weighted by Gasteiger charge is 2.09. The van der Waals surface area contributed by atoms with Crippen LogP contribution in [0.5, 0.6) is 0 Å². The van der Waals surface area contributed by atoms with Crippen LogP contribution in [0.3, 0.4) is 0 Å². The number of aromatic nitrogens is 2. The third-order valence-corrected chi connectivity index (χ3v) is 3.88. The Morgan fingerprint density at radius 2 is 1.85 bits per heavy atom. The molecular weight excluding hydrogens is 330 g/mol. The van der Waals surface area contributed by atoms with Crippen LogP contribution < -0.4 is 5.73 Å². The van der Waals surface area contributed by atoms with Crippen molar-refractivity contribution in [3.63, 3.8) is 0 Å². The molecule has 0 fully saturated rings. The molecule has 0 unspecified atom stereocenters. The molecule has 0 radical (unpaired) electrons. The van der Waals surface area contributed by atoms with E-state index < -0.39 is 11.9 Å². The first kappa shape index (κ1) is 17.4. The second-order valence-corrected chi connectivity index (χ2v) is 6.05. The summed E-state index contributed by atoms with van der Waals surface area (Å²) in [6, 6.07) is 13.9. The minimum atomic E-state index is -0.513. The van der Waals surface area contributed by atoms with Crippen molar-refractivity contribution >= 4 is 11.9 Å². The van der Waals surface area contributed by atoms with Gasteiger partial charge in [-0.2, -0.15) is 5.10 Å². The predicted molar refractivity (Wildman–Crippen MR) is 96.6 cm³/mol. The molecule has 6 heteroatoms. The van der Waals surface area contributed by atoms with Crippen LogP contribution >= 0.6 is 0 Å². The van der Waals surface area contributed by atoms with Crippen LogP contribution in [0.2, 0.25) is 0 Å². The van der Waals surface area contributed by atoms with Crippen LogP contribution in [0.15, 0.2) is 60.9 Å². The summed E-state index contributed by atoms with van der Waals surface area (Å²) in [6.45, 7) is 2.71. The second kappa shape index (κ2) is 7.65. The summed E-state index contributed by atoms with van der Waals surface area (Å²) in [5, 5.41) is 4.24. The van der Waals surface area contributed by atoms with E-state index >= 15 is 0 Å². The summed E-state index contributed by atoms with van der Waals surface area (Å²) in [7, 11) is 0. The quantitative estimate of drug-likeness (QED) is 0.693. The van der Waals surface area contributed by atoms with Crippen molar-refractivity contribution < 1.29 is 14.3 Å². The number of aryl methyl sites for hydroxylation is 1. The molecule has 0 aliphatic heterocycles. The molecular formula is C20H19N3O3. The summed E-state index contributed by atoms with van der Waals surface area (Å²) in [5.41, 5.74) is 8.95. The molecule has 0 aliphatic carbocycles. The van der Waals surface area contributed by atoms with E-state index in [0.29, 0.717) is 23.2 Å². The van der Waals surface area contributed by atoms with E-state index in [0.717, 1.165) is 11.1 Å². The van der Waals surface area contributed by atoms with E-state index in [1.165, 1.54) is 0 Å². The number of benzene rings is 2. The summed E-state index contributed by atoms with van der Waals surface area (Å²) in [6.07, 6.45) is 3.77. The third kappa shape index (κ3) is 4.36. The Kier molecular flexibility index (Phi) is 5.12. The fourth-order valence-electron chi connectivity index (χ4n) is 2.53. The monoisotopic (exact) mass is 349 g/mol. The maximum absolute atomic E-state index is 12.2. The van der Waals surface area contributed by atoms with Gasteiger partial charge in [-0.25, -0.2) is 4.79 Å². The van der Waals surface area contributed by atoms with Crippen molar-refractivity contribution in [2.45, 2.75) is 20.1 Å². The van der Waals surface area contributed by atoms with Crippen LogP contribution in [0, 0.1) is 6.92 Å². The lowest BCUT2D eigenvalue weighted by Crippen LogP contribution is -2.11. The van der Waals surface area contributed by atoms with Gasteiger partial charge in [-0.1, -0.05) is 24.3 Å². The van der Waals surface area contributed by atoms with Gasteiger partial charge in [-0.05, 0) is 47.9 Å². The molecule has 0 saturated carbocycles. The average Bonchev–Trinajstić information content (AvgIpc) is 3.05. The molecule has 26 heavy (non-hydrogen) atoms. The number of amides is 1. The first-order chi connectivity index (χ1) is 12.5. The number of hydrogen-bond donors (Lipinski definition) is 1. The van der Waals surface area contributed by atoms with Gasteiger partial charge in [0, 0.05) is 11.8 Å². The molecule has 0 saturated heterocycles. The highest BCUT2D eigenvalue weighted by atomic mass is 16.5. The zero-order valence-corrected chi connectivity index (χ0v) is 14.4. The van der Waals surface area contributed by atoms with Crippen LogP contribution in [0.4, 0.5) is 0 Å². The van der Waals surface area contributed by atoms with E-state index in [4.69, 9.17) is 10.5 Å². The van der Waals surface area contributed by atoms with Gasteiger partial charge < -0.3 is 10.5 Å². The molecule has 2 N–H and O–H groups in total. The van der Waals surface area contributed by atoms with Crippen molar-refractivity contribution in [2.75, 3.05) is 0 Å². The van der Waals surface area contributed by atoms with Gasteiger partial charge in [0.2, 0.25) is 5.91 Å². The molecule has 0 aliphatic rings. The van der Waals surface area contributed by atoms with E-state index in [2.05, 4.69) is 5.10 Å². The molecule has 0 bridgehead atoms. The lowest BCUT2D eigenvalue weighted by molar-refractivity contribution is 0.0472. The number of hydrogen-bond acceptors (Lipinski definition) is 4. The standard InChI is InChI=1S/C20H19N3O3/c1-14-10-22-23(11-14)12-15-5-7-17(8-6-15)20(25)26-13-16-3-2-4-18(9-16)19(21)24/h2-11H,12-13H2,1H3,(H2,21,24). The van der Waals surface area contributed by atoms with Crippen LogP contribution in [-0.2, 0) is 17.9 Å². The maximum Gasteiger partial charge on any atom is 0.338 e. The van der Waals surface area contributed by atoms with Gasteiger partial charge in [0.1, 0.15) is 6.61 Å². The summed E-state index contributed by atoms with van der Waals surface area (Å²) >= 11 is 0. The van der Waals surface area contributed by atoms with Crippen LogP contribution in [0.25, 0.3) is 0 Å². The van der Waals surface area contributed by atoms with E-state index in [9.17, 15) is 9.59 Å². The molecule has 0 spiro atoms. The first-order valence-electron chi connectivity index (χ1n) is 8.15. The Balaban J connectivity index is 1.59. The van der Waals surface area contributed by atoms with Gasteiger partial charge in [0.25, 0.3) is 0 Å². The maximum atomic E-state index is 12.2. The number of esters is 1. The zero-order valence-electron chi connectivity index (χ0n) is 14.4. The Hall–Kier alpha value is -3.41. The molecule has 6 nitrogen and oxygen atoms in total. The number of nitrogens with zero attached hydrogens (tertiary/aromatic N) is 2. The van der Waals surface area contributed by atoms with Gasteiger partial charge in [0.15, 0.2) is 0 Å². The molecule has 3 aromatic rings. The SMILES string of the molecule is Cc1cnn(Cc2ccc(C(=O)OCc3cccc(C(N)=O)c3)cc2)c1. The lowest BCUT2D eigenvalue weighted by atomic mass is 10.1. The van der Waals surface area contributed by atoms with E-state index in [1.54, 1.807) is 42.6 Å². The van der Waals surface area contributed by atoms with Gasteiger partial charge in [0.05, 0.1) is 18.3 Å². The van der Waals surface area contributed by atoms with Crippen molar-refractivity contribution in [3.8, 4) is 0 Å². The molecule has 1 aromatic heterocycles. The summed E-state index contributed by atoms with van der Waals surface area (Å²) < 4.78 is 7.14. The molecule has 3 rings (SSSR count). The second-order valence-electron chi connectivity index (χ2n) is 6.05. The van der Waals surface area contributed by atoms with Gasteiger partial charge in [-0.15, -0.1) is 0 Å². The Bertz CT molecular complexity index is 929. The lowest BCUT2D eigenvalue weighted by Gasteiger charge is -2.07. The molecule has 1 amide bonds. The number of carbonyl (C=O) groups is 2. The molecule has 132 valence electrons. The Morgan fingerprint density at radius 3 is 2.50 bits per heavy atom. The number of primary amides is 1. The highest BCUT2D eigenvalue weighted by Crippen LogP contribution is 2.11. The molecule has 0 atom stereocenters. The molecule has 1 heterocycles. The van der Waals surface area contributed by atoms with E-state index in [1.807, 2.05) is 29.9 Å². The minimum Gasteiger partial charge on any atom is -0.457 e. The fourth-order valence-corrected chi connectivity index (χ4v) is 2.53. The first-order valence-corrected chi connectivity index (χ1v) is 8.15. The van der Waals surface area contributed by atoms with Gasteiger partial charge in [-0.3, -0.25) is 9.48 Å². The average molecular weight is 349 g/mol. The normalized spacial score (nSPS) is 10.5. The number of nitrogens with two attached hydrogens (primary N) is 1. The highest BCUT2D eigenvalue weighted by molar-refractivity contribution is 5.93. The van der Waals surface area contributed by atoms with Crippen molar-refractivity contribution in [1.29, 1.82) is 0 Å². The van der Waals surface area contributed by atoms with Crippen molar-refractivity contribution in [3.05, 3.63) is 88.7 Å². The molecule has 2 aromatic carbocycles. The zero-order chi connectivity index (χ0) is 18.5. The summed E-state index contributed by atoms with van der Waals surface area (Å²) in [5.74, 6) is -0.933. The number of ether oxygens (including phenoxy) is 1. The topological polar surface area (TPSA) is 87.2 Å². The van der Waals surface area contributed by atoms with Crippen molar-refractivity contribution in [1.82, 2.24) is 9.78 Å². The van der Waals surface area contributed by atoms with E-state index in [-0.39, 0.29) is 6.61 Å². The third-order valence-electron chi connectivity index (χ3n) is 3.88.